The second kappa shape index (κ2) is 6.17. The van der Waals surface area contributed by atoms with Crippen LogP contribution in [0.15, 0.2) is 24.3 Å². The summed E-state index contributed by atoms with van der Waals surface area (Å²) in [7, 11) is 3.67. The number of rotatable bonds is 5. The summed E-state index contributed by atoms with van der Waals surface area (Å²) in [6.45, 7) is 4.24. The molecule has 0 radical (unpaired) electrons. The molecule has 1 aromatic heterocycles. The maximum Gasteiger partial charge on any atom is 0.119 e. The first-order valence-electron chi connectivity index (χ1n) is 6.40. The first kappa shape index (κ1) is 14.0. The average molecular weight is 276 g/mol. The minimum absolute atomic E-state index is 0.358. The summed E-state index contributed by atoms with van der Waals surface area (Å²) in [6, 6.07) is 8.52. The molecular formula is C15H20N2OS. The van der Waals surface area contributed by atoms with Gasteiger partial charge in [-0.05, 0) is 38.6 Å². The van der Waals surface area contributed by atoms with Crippen molar-refractivity contribution in [2.45, 2.75) is 26.3 Å². The van der Waals surface area contributed by atoms with E-state index in [9.17, 15) is 0 Å². The predicted molar refractivity (Wildman–Crippen MR) is 80.1 cm³/mol. The molecular weight excluding hydrogens is 256 g/mol. The van der Waals surface area contributed by atoms with Crippen LogP contribution in [-0.4, -0.2) is 19.1 Å². The number of aryl methyl sites for hydroxylation is 1. The van der Waals surface area contributed by atoms with Crippen LogP contribution in [0.4, 0.5) is 0 Å². The molecule has 0 aliphatic heterocycles. The molecule has 2 rings (SSSR count). The van der Waals surface area contributed by atoms with E-state index in [2.05, 4.69) is 36.3 Å². The number of hydrogen-bond donors (Lipinski definition) is 1. The standard InChI is InChI=1S/C15H20N2OS/c1-10(16-3)15-11(2)17-14(19-15)9-12-6-5-7-13(8-12)18-4/h5-8,10,16H,9H2,1-4H3. The average Bonchev–Trinajstić information content (AvgIpc) is 2.79. The summed E-state index contributed by atoms with van der Waals surface area (Å²) in [4.78, 5) is 5.99. The third-order valence-electron chi connectivity index (χ3n) is 3.19. The highest BCUT2D eigenvalue weighted by atomic mass is 32.1. The number of benzene rings is 1. The fourth-order valence-corrected chi connectivity index (χ4v) is 3.19. The molecule has 1 N–H and O–H groups in total. The lowest BCUT2D eigenvalue weighted by molar-refractivity contribution is 0.414. The van der Waals surface area contributed by atoms with E-state index in [-0.39, 0.29) is 0 Å². The monoisotopic (exact) mass is 276 g/mol. The zero-order valence-electron chi connectivity index (χ0n) is 11.9. The maximum atomic E-state index is 5.25. The summed E-state index contributed by atoms with van der Waals surface area (Å²) >= 11 is 1.79. The lowest BCUT2D eigenvalue weighted by Crippen LogP contribution is -2.11. The summed E-state index contributed by atoms with van der Waals surface area (Å²) < 4.78 is 5.25. The Morgan fingerprint density at radius 2 is 2.21 bits per heavy atom. The minimum Gasteiger partial charge on any atom is -0.497 e. The Morgan fingerprint density at radius 3 is 2.89 bits per heavy atom. The third-order valence-corrected chi connectivity index (χ3v) is 4.53. The summed E-state index contributed by atoms with van der Waals surface area (Å²) in [5, 5.41) is 4.42. The highest BCUT2D eigenvalue weighted by molar-refractivity contribution is 7.11. The van der Waals surface area contributed by atoms with Crippen LogP contribution in [0.1, 0.15) is 34.1 Å². The molecule has 3 nitrogen and oxygen atoms in total. The number of aromatic nitrogens is 1. The Labute approximate surface area is 118 Å². The molecule has 0 amide bonds. The van der Waals surface area contributed by atoms with Gasteiger partial charge in [-0.25, -0.2) is 4.98 Å². The Morgan fingerprint density at radius 1 is 1.42 bits per heavy atom. The van der Waals surface area contributed by atoms with Gasteiger partial charge in [0.25, 0.3) is 0 Å². The largest absolute Gasteiger partial charge is 0.497 e. The van der Waals surface area contributed by atoms with Gasteiger partial charge in [-0.2, -0.15) is 0 Å². The number of ether oxygens (including phenoxy) is 1. The van der Waals surface area contributed by atoms with Crippen LogP contribution in [0.25, 0.3) is 0 Å². The van der Waals surface area contributed by atoms with Crippen molar-refractivity contribution in [1.82, 2.24) is 10.3 Å². The molecule has 1 unspecified atom stereocenters. The van der Waals surface area contributed by atoms with E-state index in [4.69, 9.17) is 4.74 Å². The third kappa shape index (κ3) is 3.33. The second-order valence-electron chi connectivity index (χ2n) is 4.60. The first-order chi connectivity index (χ1) is 9.13. The van der Waals surface area contributed by atoms with Gasteiger partial charge in [0.15, 0.2) is 0 Å². The molecule has 0 saturated heterocycles. The SMILES string of the molecule is CNC(C)c1sc(Cc2cccc(OC)c2)nc1C. The van der Waals surface area contributed by atoms with Gasteiger partial charge in [0.05, 0.1) is 17.8 Å². The molecule has 1 atom stereocenters. The van der Waals surface area contributed by atoms with Crippen LogP contribution in [0.3, 0.4) is 0 Å². The van der Waals surface area contributed by atoms with E-state index in [1.807, 2.05) is 19.2 Å². The van der Waals surface area contributed by atoms with Crippen molar-refractivity contribution in [3.8, 4) is 5.75 Å². The summed E-state index contributed by atoms with van der Waals surface area (Å²) in [5.74, 6) is 0.898. The smallest absolute Gasteiger partial charge is 0.119 e. The van der Waals surface area contributed by atoms with Crippen LogP contribution in [0.2, 0.25) is 0 Å². The van der Waals surface area contributed by atoms with Crippen molar-refractivity contribution in [2.75, 3.05) is 14.2 Å². The number of methoxy groups -OCH3 is 1. The van der Waals surface area contributed by atoms with Crippen LogP contribution in [0.5, 0.6) is 5.75 Å². The number of hydrogen-bond acceptors (Lipinski definition) is 4. The van der Waals surface area contributed by atoms with E-state index in [1.54, 1.807) is 18.4 Å². The molecule has 102 valence electrons. The Kier molecular flexibility index (Phi) is 4.56. The zero-order chi connectivity index (χ0) is 13.8. The number of thiazole rings is 1. The topological polar surface area (TPSA) is 34.1 Å². The van der Waals surface area contributed by atoms with Crippen LogP contribution in [0, 0.1) is 6.92 Å². The quantitative estimate of drug-likeness (QED) is 0.909. The highest BCUT2D eigenvalue weighted by Crippen LogP contribution is 2.26. The van der Waals surface area contributed by atoms with E-state index >= 15 is 0 Å². The van der Waals surface area contributed by atoms with Gasteiger partial charge in [0.1, 0.15) is 5.75 Å². The normalized spacial score (nSPS) is 12.4. The van der Waals surface area contributed by atoms with Gasteiger partial charge in [-0.15, -0.1) is 11.3 Å². The molecule has 0 aliphatic carbocycles. The molecule has 1 heterocycles. The fourth-order valence-electron chi connectivity index (χ4n) is 2.03. The molecule has 0 spiro atoms. The minimum atomic E-state index is 0.358. The first-order valence-corrected chi connectivity index (χ1v) is 7.22. The molecule has 0 fully saturated rings. The van der Waals surface area contributed by atoms with Crippen LogP contribution < -0.4 is 10.1 Å². The van der Waals surface area contributed by atoms with E-state index in [1.165, 1.54) is 10.4 Å². The Hall–Kier alpha value is -1.39. The van der Waals surface area contributed by atoms with Gasteiger partial charge in [-0.3, -0.25) is 0 Å². The van der Waals surface area contributed by atoms with E-state index < -0.39 is 0 Å². The number of nitrogens with zero attached hydrogens (tertiary/aromatic N) is 1. The molecule has 1 aromatic carbocycles. The van der Waals surface area contributed by atoms with Gasteiger partial charge < -0.3 is 10.1 Å². The zero-order valence-corrected chi connectivity index (χ0v) is 12.7. The molecule has 0 saturated carbocycles. The van der Waals surface area contributed by atoms with Crippen molar-refractivity contribution >= 4 is 11.3 Å². The van der Waals surface area contributed by atoms with Gasteiger partial charge in [0.2, 0.25) is 0 Å². The molecule has 19 heavy (non-hydrogen) atoms. The molecule has 0 aliphatic rings. The molecule has 0 bridgehead atoms. The summed E-state index contributed by atoms with van der Waals surface area (Å²) in [5.41, 5.74) is 2.36. The Balaban J connectivity index is 2.19. The van der Waals surface area contributed by atoms with Crippen molar-refractivity contribution in [3.05, 3.63) is 45.4 Å². The van der Waals surface area contributed by atoms with Gasteiger partial charge in [0, 0.05) is 17.3 Å². The van der Waals surface area contributed by atoms with Crippen molar-refractivity contribution < 1.29 is 4.74 Å². The fraction of sp³-hybridized carbons (Fsp3) is 0.400. The summed E-state index contributed by atoms with van der Waals surface area (Å²) in [6.07, 6.45) is 0.860. The van der Waals surface area contributed by atoms with Gasteiger partial charge >= 0.3 is 0 Å². The number of nitrogens with one attached hydrogen (secondary N) is 1. The second-order valence-corrected chi connectivity index (χ2v) is 5.71. The van der Waals surface area contributed by atoms with Crippen LogP contribution in [-0.2, 0) is 6.42 Å². The van der Waals surface area contributed by atoms with Crippen molar-refractivity contribution in [3.63, 3.8) is 0 Å². The maximum absolute atomic E-state index is 5.25. The van der Waals surface area contributed by atoms with Crippen LogP contribution >= 0.6 is 11.3 Å². The van der Waals surface area contributed by atoms with Gasteiger partial charge in [-0.1, -0.05) is 12.1 Å². The lowest BCUT2D eigenvalue weighted by atomic mass is 10.1. The Bertz CT molecular complexity index is 551. The molecule has 2 aromatic rings. The highest BCUT2D eigenvalue weighted by Gasteiger charge is 2.13. The van der Waals surface area contributed by atoms with Crippen molar-refractivity contribution in [1.29, 1.82) is 0 Å². The van der Waals surface area contributed by atoms with Crippen molar-refractivity contribution in [2.24, 2.45) is 0 Å². The molecule has 4 heteroatoms. The van der Waals surface area contributed by atoms with E-state index in [0.29, 0.717) is 6.04 Å². The lowest BCUT2D eigenvalue weighted by Gasteiger charge is -2.07. The van der Waals surface area contributed by atoms with E-state index in [0.717, 1.165) is 22.9 Å². The predicted octanol–water partition coefficient (Wildman–Crippen LogP) is 3.33.